The molecule has 3 rings (SSSR count). The smallest absolute Gasteiger partial charge is 0.348 e. The number of rotatable bonds is 5. The lowest BCUT2D eigenvalue weighted by atomic mass is 9.98. The first-order valence-corrected chi connectivity index (χ1v) is 11.1. The molecule has 0 amide bonds. The van der Waals surface area contributed by atoms with Crippen LogP contribution < -0.4 is 5.14 Å². The number of hydrogen-bond acceptors (Lipinski definition) is 5. The largest absolute Gasteiger partial charge is 0.462 e. The highest BCUT2D eigenvalue weighted by Gasteiger charge is 2.23. The van der Waals surface area contributed by atoms with Crippen LogP contribution in [0.5, 0.6) is 0 Å². The molecule has 7 heteroatoms. The van der Waals surface area contributed by atoms with E-state index in [1.807, 2.05) is 38.1 Å². The fourth-order valence-electron chi connectivity index (χ4n) is 2.99. The van der Waals surface area contributed by atoms with Crippen molar-refractivity contribution in [2.24, 2.45) is 5.14 Å². The highest BCUT2D eigenvalue weighted by atomic mass is 32.2. The third-order valence-corrected chi connectivity index (χ3v) is 6.64. The van der Waals surface area contributed by atoms with Gasteiger partial charge in [-0.05, 0) is 49.6 Å². The van der Waals surface area contributed by atoms with Crippen LogP contribution in [0.1, 0.15) is 27.7 Å². The Hall–Kier alpha value is -2.48. The van der Waals surface area contributed by atoms with Gasteiger partial charge in [0.2, 0.25) is 10.0 Å². The average molecular weight is 416 g/mol. The Bertz CT molecular complexity index is 1110. The number of benzene rings is 2. The minimum absolute atomic E-state index is 0.0508. The number of ether oxygens (including phenoxy) is 1. The third kappa shape index (κ3) is 4.01. The molecule has 0 unspecified atom stereocenters. The zero-order valence-electron chi connectivity index (χ0n) is 15.9. The van der Waals surface area contributed by atoms with Crippen LogP contribution in [0, 0.1) is 13.8 Å². The maximum atomic E-state index is 12.6. The van der Waals surface area contributed by atoms with Crippen molar-refractivity contribution in [2.45, 2.75) is 25.7 Å². The van der Waals surface area contributed by atoms with Crippen molar-refractivity contribution in [1.82, 2.24) is 0 Å². The number of carbonyl (C=O) groups excluding carboxylic acids is 1. The fraction of sp³-hybridized carbons (Fsp3) is 0.190. The summed E-state index contributed by atoms with van der Waals surface area (Å²) < 4.78 is 28.3. The van der Waals surface area contributed by atoms with Gasteiger partial charge in [-0.15, -0.1) is 11.3 Å². The maximum absolute atomic E-state index is 12.6. The molecule has 146 valence electrons. The summed E-state index contributed by atoms with van der Waals surface area (Å²) in [4.78, 5) is 14.1. The van der Waals surface area contributed by atoms with Gasteiger partial charge in [0.25, 0.3) is 0 Å². The molecule has 0 aliphatic rings. The predicted molar refractivity (Wildman–Crippen MR) is 112 cm³/mol. The predicted octanol–water partition coefficient (Wildman–Crippen LogP) is 4.52. The highest BCUT2D eigenvalue weighted by molar-refractivity contribution is 7.89. The van der Waals surface area contributed by atoms with Crippen LogP contribution in [0.25, 0.3) is 21.6 Å². The summed E-state index contributed by atoms with van der Waals surface area (Å²) in [5.74, 6) is -0.362. The monoisotopic (exact) mass is 415 g/mol. The summed E-state index contributed by atoms with van der Waals surface area (Å²) in [6, 6.07) is 14.3. The van der Waals surface area contributed by atoms with Crippen LogP contribution in [0.3, 0.4) is 0 Å². The van der Waals surface area contributed by atoms with Crippen molar-refractivity contribution in [1.29, 1.82) is 0 Å². The van der Waals surface area contributed by atoms with Gasteiger partial charge in [0.1, 0.15) is 4.88 Å². The van der Waals surface area contributed by atoms with E-state index < -0.39 is 10.0 Å². The normalized spacial score (nSPS) is 11.4. The molecule has 3 aromatic rings. The van der Waals surface area contributed by atoms with Gasteiger partial charge in [-0.1, -0.05) is 42.0 Å². The van der Waals surface area contributed by atoms with Gasteiger partial charge in [-0.2, -0.15) is 0 Å². The first kappa shape index (κ1) is 20.3. The van der Waals surface area contributed by atoms with E-state index in [1.54, 1.807) is 19.1 Å². The second-order valence-electron chi connectivity index (χ2n) is 6.42. The number of carbonyl (C=O) groups is 1. The third-order valence-electron chi connectivity index (χ3n) is 4.39. The Kier molecular flexibility index (Phi) is 5.69. The fourth-order valence-corrected chi connectivity index (χ4v) is 4.74. The summed E-state index contributed by atoms with van der Waals surface area (Å²) in [6.07, 6.45) is 0. The van der Waals surface area contributed by atoms with Gasteiger partial charge in [0.15, 0.2) is 0 Å². The lowest BCUT2D eigenvalue weighted by molar-refractivity contribution is 0.0533. The van der Waals surface area contributed by atoms with Crippen molar-refractivity contribution in [3.63, 3.8) is 0 Å². The maximum Gasteiger partial charge on any atom is 0.348 e. The van der Waals surface area contributed by atoms with Crippen LogP contribution in [0.15, 0.2) is 53.4 Å². The van der Waals surface area contributed by atoms with Gasteiger partial charge in [0, 0.05) is 10.4 Å². The van der Waals surface area contributed by atoms with Gasteiger partial charge in [-0.25, -0.2) is 18.4 Å². The van der Waals surface area contributed by atoms with Crippen LogP contribution in [-0.2, 0) is 14.8 Å². The first-order chi connectivity index (χ1) is 13.2. The summed E-state index contributed by atoms with van der Waals surface area (Å²) in [5, 5.41) is 5.18. The van der Waals surface area contributed by atoms with E-state index in [4.69, 9.17) is 9.88 Å². The Morgan fingerprint density at radius 1 is 1.00 bits per heavy atom. The Labute approximate surface area is 168 Å². The molecule has 0 radical (unpaired) electrons. The summed E-state index contributed by atoms with van der Waals surface area (Å²) in [6.45, 7) is 6.03. The van der Waals surface area contributed by atoms with Crippen molar-refractivity contribution in [2.75, 3.05) is 6.61 Å². The average Bonchev–Trinajstić information content (AvgIpc) is 2.99. The molecular formula is C21H21NO4S2. The molecule has 0 bridgehead atoms. The second-order valence-corrected chi connectivity index (χ2v) is 9.00. The second kappa shape index (κ2) is 7.87. The molecular weight excluding hydrogens is 394 g/mol. The summed E-state index contributed by atoms with van der Waals surface area (Å²) >= 11 is 1.34. The van der Waals surface area contributed by atoms with E-state index in [1.165, 1.54) is 23.5 Å². The summed E-state index contributed by atoms with van der Waals surface area (Å²) in [5.41, 5.74) is 4.68. The van der Waals surface area contributed by atoms with Crippen LogP contribution >= 0.6 is 11.3 Å². The molecule has 0 atom stereocenters. The zero-order valence-corrected chi connectivity index (χ0v) is 17.5. The van der Waals surface area contributed by atoms with E-state index in [2.05, 4.69) is 0 Å². The van der Waals surface area contributed by atoms with E-state index in [0.717, 1.165) is 32.7 Å². The van der Waals surface area contributed by atoms with Crippen molar-refractivity contribution in [3.05, 3.63) is 64.5 Å². The van der Waals surface area contributed by atoms with E-state index in [-0.39, 0.29) is 10.9 Å². The number of thiophene rings is 1. The molecule has 0 saturated heterocycles. The number of hydrogen-bond donors (Lipinski definition) is 1. The Morgan fingerprint density at radius 3 is 2.11 bits per heavy atom. The van der Waals surface area contributed by atoms with Gasteiger partial charge in [-0.3, -0.25) is 0 Å². The van der Waals surface area contributed by atoms with Gasteiger partial charge in [0.05, 0.1) is 11.5 Å². The molecule has 0 fully saturated rings. The molecule has 2 N–H and O–H groups in total. The first-order valence-electron chi connectivity index (χ1n) is 8.73. The van der Waals surface area contributed by atoms with Crippen molar-refractivity contribution >= 4 is 27.3 Å². The number of aryl methyl sites for hydroxylation is 1. The van der Waals surface area contributed by atoms with Crippen LogP contribution in [-0.4, -0.2) is 21.0 Å². The number of nitrogens with two attached hydrogens (primary N) is 1. The minimum atomic E-state index is -3.75. The van der Waals surface area contributed by atoms with Crippen molar-refractivity contribution in [3.8, 4) is 21.6 Å². The van der Waals surface area contributed by atoms with Crippen molar-refractivity contribution < 1.29 is 17.9 Å². The Morgan fingerprint density at radius 2 is 1.57 bits per heavy atom. The molecule has 1 aromatic heterocycles. The molecule has 2 aromatic carbocycles. The molecule has 28 heavy (non-hydrogen) atoms. The molecule has 0 aliphatic carbocycles. The van der Waals surface area contributed by atoms with E-state index in [9.17, 15) is 13.2 Å². The zero-order chi connectivity index (χ0) is 20.5. The lowest BCUT2D eigenvalue weighted by Crippen LogP contribution is -2.11. The molecule has 0 spiro atoms. The van der Waals surface area contributed by atoms with E-state index in [0.29, 0.717) is 11.5 Å². The lowest BCUT2D eigenvalue weighted by Gasteiger charge is -2.07. The SMILES string of the molecule is CCOC(=O)c1sc(-c2ccc(S(N)(=O)=O)cc2)c(C)c1-c1ccc(C)cc1. The van der Waals surface area contributed by atoms with E-state index >= 15 is 0 Å². The topological polar surface area (TPSA) is 86.5 Å². The minimum Gasteiger partial charge on any atom is -0.462 e. The number of esters is 1. The quantitative estimate of drug-likeness (QED) is 0.621. The number of sulfonamides is 1. The molecule has 0 saturated carbocycles. The molecule has 0 aliphatic heterocycles. The summed E-state index contributed by atoms with van der Waals surface area (Å²) in [7, 11) is -3.75. The van der Waals surface area contributed by atoms with Crippen LogP contribution in [0.4, 0.5) is 0 Å². The molecule has 5 nitrogen and oxygen atoms in total. The molecule has 1 heterocycles. The highest BCUT2D eigenvalue weighted by Crippen LogP contribution is 2.42. The standard InChI is InChI=1S/C21H21NO4S2/c1-4-26-21(23)20-18(15-7-5-13(2)6-8-15)14(3)19(27-20)16-9-11-17(12-10-16)28(22,24)25/h5-12H,4H2,1-3H3,(H2,22,24,25). The Balaban J connectivity index is 2.16. The van der Waals surface area contributed by atoms with Gasteiger partial charge < -0.3 is 4.74 Å². The van der Waals surface area contributed by atoms with Crippen LogP contribution in [0.2, 0.25) is 0 Å². The number of primary sulfonamides is 1. The van der Waals surface area contributed by atoms with Gasteiger partial charge >= 0.3 is 5.97 Å².